The molecule has 1 aliphatic carbocycles. The van der Waals surface area contributed by atoms with Gasteiger partial charge in [0.2, 0.25) is 0 Å². The highest BCUT2D eigenvalue weighted by Crippen LogP contribution is 2.34. The zero-order valence-corrected chi connectivity index (χ0v) is 19.2. The molecule has 2 atom stereocenters. The molecular formula is C26H33NO4. The zero-order valence-electron chi connectivity index (χ0n) is 19.2. The van der Waals surface area contributed by atoms with Crippen molar-refractivity contribution >= 4 is 5.71 Å². The van der Waals surface area contributed by atoms with Crippen molar-refractivity contribution in [3.05, 3.63) is 65.2 Å². The van der Waals surface area contributed by atoms with Gasteiger partial charge in [0.05, 0.1) is 5.71 Å². The van der Waals surface area contributed by atoms with Gasteiger partial charge in [-0.25, -0.2) is 0 Å². The quantitative estimate of drug-likeness (QED) is 0.282. The molecule has 0 heterocycles. The van der Waals surface area contributed by atoms with Crippen LogP contribution < -0.4 is 14.2 Å². The van der Waals surface area contributed by atoms with Gasteiger partial charge in [-0.1, -0.05) is 17.3 Å². The first-order valence-electron chi connectivity index (χ1n) is 10.9. The first kappa shape index (κ1) is 22.7. The maximum atomic E-state index is 6.47. The van der Waals surface area contributed by atoms with Crippen LogP contribution in [-0.4, -0.2) is 31.6 Å². The van der Waals surface area contributed by atoms with Crippen LogP contribution in [0.5, 0.6) is 17.2 Å². The van der Waals surface area contributed by atoms with Gasteiger partial charge in [0.15, 0.2) is 0 Å². The van der Waals surface area contributed by atoms with E-state index in [2.05, 4.69) is 19.0 Å². The molecule has 0 aromatic heterocycles. The molecule has 0 spiro atoms. The van der Waals surface area contributed by atoms with Gasteiger partial charge in [0.1, 0.15) is 43.2 Å². The molecule has 5 heteroatoms. The fraction of sp³-hybridized carbons (Fsp3) is 0.423. The number of rotatable bonds is 9. The Morgan fingerprint density at radius 3 is 2.26 bits per heavy atom. The Morgan fingerprint density at radius 2 is 1.65 bits per heavy atom. The van der Waals surface area contributed by atoms with Crippen molar-refractivity contribution in [2.45, 2.75) is 59.2 Å². The summed E-state index contributed by atoms with van der Waals surface area (Å²) in [6.45, 7) is 8.62. The lowest BCUT2D eigenvalue weighted by atomic mass is 10.1. The molecule has 2 unspecified atom stereocenters. The molecule has 0 N–H and O–H groups in total. The van der Waals surface area contributed by atoms with E-state index in [0.717, 1.165) is 58.9 Å². The highest BCUT2D eigenvalue weighted by molar-refractivity contribution is 5.98. The number of aryl methyl sites for hydroxylation is 2. The van der Waals surface area contributed by atoms with Crippen LogP contribution in [0.1, 0.15) is 49.8 Å². The first-order valence-corrected chi connectivity index (χ1v) is 10.9. The highest BCUT2D eigenvalue weighted by Gasteiger charge is 2.31. The zero-order chi connectivity index (χ0) is 22.2. The van der Waals surface area contributed by atoms with E-state index in [0.29, 0.717) is 6.61 Å². The summed E-state index contributed by atoms with van der Waals surface area (Å²) in [6.07, 6.45) is 7.11. The Labute approximate surface area is 185 Å². The predicted molar refractivity (Wildman–Crippen MR) is 125 cm³/mol. The van der Waals surface area contributed by atoms with Crippen molar-refractivity contribution < 1.29 is 19.0 Å². The molecule has 1 saturated carbocycles. The number of nitrogens with zero attached hydrogens (tertiary/aromatic N) is 1. The van der Waals surface area contributed by atoms with Gasteiger partial charge in [-0.2, -0.15) is 0 Å². The van der Waals surface area contributed by atoms with Crippen LogP contribution in [0.15, 0.2) is 53.7 Å². The van der Waals surface area contributed by atoms with Gasteiger partial charge >= 0.3 is 0 Å². The van der Waals surface area contributed by atoms with Crippen LogP contribution in [0.25, 0.3) is 0 Å². The average molecular weight is 424 g/mol. The molecule has 0 aliphatic heterocycles. The van der Waals surface area contributed by atoms with Gasteiger partial charge < -0.3 is 19.0 Å². The summed E-state index contributed by atoms with van der Waals surface area (Å²) >= 11 is 0. The normalized spacial score (nSPS) is 18.9. The summed E-state index contributed by atoms with van der Waals surface area (Å²) in [4.78, 5) is 4.85. The molecule has 31 heavy (non-hydrogen) atoms. The molecule has 2 aromatic rings. The van der Waals surface area contributed by atoms with Crippen LogP contribution in [0, 0.1) is 13.8 Å². The molecule has 0 amide bonds. The van der Waals surface area contributed by atoms with Crippen molar-refractivity contribution in [1.82, 2.24) is 0 Å². The predicted octanol–water partition coefficient (Wildman–Crippen LogP) is 6.01. The first-order chi connectivity index (χ1) is 15.0. The third-order valence-electron chi connectivity index (χ3n) is 5.46. The number of oxime groups is 1. The molecule has 0 bridgehead atoms. The smallest absolute Gasteiger partial charge is 0.135 e. The summed E-state index contributed by atoms with van der Waals surface area (Å²) in [5.41, 5.74) is 4.01. The fourth-order valence-electron chi connectivity index (χ4n) is 3.87. The molecule has 1 aliphatic rings. The Morgan fingerprint density at radius 1 is 1.00 bits per heavy atom. The summed E-state index contributed by atoms with van der Waals surface area (Å²) in [5, 5.41) is 3.97. The minimum absolute atomic E-state index is 0.0312. The summed E-state index contributed by atoms with van der Waals surface area (Å²) in [7, 11) is 1.55. The highest BCUT2D eigenvalue weighted by atomic mass is 16.6. The van der Waals surface area contributed by atoms with Gasteiger partial charge in [-0.3, -0.25) is 0 Å². The summed E-state index contributed by atoms with van der Waals surface area (Å²) in [6, 6.07) is 12.0. The van der Waals surface area contributed by atoms with E-state index in [1.807, 2.05) is 62.4 Å². The van der Waals surface area contributed by atoms with Crippen molar-refractivity contribution in [2.24, 2.45) is 5.16 Å². The summed E-state index contributed by atoms with van der Waals surface area (Å²) < 4.78 is 18.6. The molecule has 3 rings (SSSR count). The molecule has 2 aromatic carbocycles. The molecule has 0 saturated heterocycles. The van der Waals surface area contributed by atoms with Gasteiger partial charge in [-0.15, -0.1) is 0 Å². The second-order valence-electron chi connectivity index (χ2n) is 7.89. The Bertz CT molecular complexity index is 894. The maximum Gasteiger partial charge on any atom is 0.135 e. The van der Waals surface area contributed by atoms with E-state index in [-0.39, 0.29) is 12.2 Å². The molecule has 0 radical (unpaired) electrons. The minimum atomic E-state index is 0.0312. The van der Waals surface area contributed by atoms with E-state index < -0.39 is 0 Å². The van der Waals surface area contributed by atoms with Crippen molar-refractivity contribution in [2.75, 3.05) is 13.7 Å². The SMILES string of the molecule is C/C=C/COc1cc(C)c(OC2CCCC2Oc2ccc(C(C)=NOC)cc2)c(C)c1. The second kappa shape index (κ2) is 10.9. The molecule has 166 valence electrons. The van der Waals surface area contributed by atoms with E-state index >= 15 is 0 Å². The van der Waals surface area contributed by atoms with Crippen LogP contribution >= 0.6 is 0 Å². The van der Waals surface area contributed by atoms with E-state index in [1.54, 1.807) is 7.11 Å². The van der Waals surface area contributed by atoms with E-state index in [4.69, 9.17) is 19.0 Å². The van der Waals surface area contributed by atoms with Crippen molar-refractivity contribution in [3.8, 4) is 17.2 Å². The van der Waals surface area contributed by atoms with Crippen LogP contribution in [0.3, 0.4) is 0 Å². The molecule has 1 fully saturated rings. The van der Waals surface area contributed by atoms with Crippen LogP contribution in [0.4, 0.5) is 0 Å². The lowest BCUT2D eigenvalue weighted by Crippen LogP contribution is -2.31. The average Bonchev–Trinajstić information content (AvgIpc) is 3.18. The minimum Gasteiger partial charge on any atom is -0.490 e. The summed E-state index contributed by atoms with van der Waals surface area (Å²) in [5.74, 6) is 2.64. The number of benzene rings is 2. The van der Waals surface area contributed by atoms with Crippen LogP contribution in [-0.2, 0) is 4.84 Å². The number of hydrogen-bond acceptors (Lipinski definition) is 5. The van der Waals surface area contributed by atoms with Gasteiger partial charge in [0, 0.05) is 0 Å². The molecule has 5 nitrogen and oxygen atoms in total. The largest absolute Gasteiger partial charge is 0.490 e. The lowest BCUT2D eigenvalue weighted by molar-refractivity contribution is 0.0769. The van der Waals surface area contributed by atoms with Crippen molar-refractivity contribution in [3.63, 3.8) is 0 Å². The maximum absolute atomic E-state index is 6.47. The fourth-order valence-corrected chi connectivity index (χ4v) is 3.87. The lowest BCUT2D eigenvalue weighted by Gasteiger charge is -2.24. The van der Waals surface area contributed by atoms with Gasteiger partial charge in [-0.05, 0) is 100 Å². The monoisotopic (exact) mass is 423 g/mol. The number of allylic oxidation sites excluding steroid dienone is 1. The second-order valence-corrected chi connectivity index (χ2v) is 7.89. The van der Waals surface area contributed by atoms with Crippen molar-refractivity contribution in [1.29, 1.82) is 0 Å². The number of ether oxygens (including phenoxy) is 3. The third kappa shape index (κ3) is 6.03. The topological polar surface area (TPSA) is 49.3 Å². The standard InChI is InChI=1S/C26H33NO4/c1-6-7-15-29-23-16-18(2)26(19(3)17-23)31-25-10-8-9-24(25)30-22-13-11-21(12-14-22)20(4)27-28-5/h6-7,11-14,16-17,24-25H,8-10,15H2,1-5H3/b7-6+,27-20?. The Balaban J connectivity index is 1.66. The number of hydrogen-bond donors (Lipinski definition) is 0. The molecular weight excluding hydrogens is 390 g/mol. The Hall–Kier alpha value is -2.95. The third-order valence-corrected chi connectivity index (χ3v) is 5.46. The van der Waals surface area contributed by atoms with E-state index in [9.17, 15) is 0 Å². The van der Waals surface area contributed by atoms with E-state index in [1.165, 1.54) is 0 Å². The van der Waals surface area contributed by atoms with Gasteiger partial charge in [0.25, 0.3) is 0 Å². The van der Waals surface area contributed by atoms with Crippen LogP contribution in [0.2, 0.25) is 0 Å². The Kier molecular flexibility index (Phi) is 7.99.